The van der Waals surface area contributed by atoms with E-state index in [2.05, 4.69) is 5.32 Å². The van der Waals surface area contributed by atoms with Gasteiger partial charge in [-0.05, 0) is 34.5 Å². The summed E-state index contributed by atoms with van der Waals surface area (Å²) in [5.41, 5.74) is 8.65. The summed E-state index contributed by atoms with van der Waals surface area (Å²) in [6.45, 7) is 0.627. The molecule has 4 nitrogen and oxygen atoms in total. The van der Waals surface area contributed by atoms with Gasteiger partial charge in [-0.25, -0.2) is 4.79 Å². The van der Waals surface area contributed by atoms with Crippen LogP contribution in [0.4, 0.5) is 11.4 Å². The lowest BCUT2D eigenvalue weighted by Crippen LogP contribution is -2.10. The molecule has 0 unspecified atom stereocenters. The summed E-state index contributed by atoms with van der Waals surface area (Å²) in [5, 5.41) is 7.23. The molecule has 0 fully saturated rings. The van der Waals surface area contributed by atoms with Gasteiger partial charge in [-0.15, -0.1) is 0 Å². The van der Waals surface area contributed by atoms with Crippen LogP contribution in [0.15, 0.2) is 35.0 Å². The summed E-state index contributed by atoms with van der Waals surface area (Å²) in [4.78, 5) is 11.6. The first-order chi connectivity index (χ1) is 8.72. The Morgan fingerprint density at radius 2 is 2.28 bits per heavy atom. The molecule has 3 N–H and O–H groups in total. The van der Waals surface area contributed by atoms with Crippen molar-refractivity contribution in [2.45, 2.75) is 6.54 Å². The lowest BCUT2D eigenvalue weighted by atomic mass is 10.1. The van der Waals surface area contributed by atoms with E-state index in [1.54, 1.807) is 29.5 Å². The van der Waals surface area contributed by atoms with Crippen molar-refractivity contribution in [2.24, 2.45) is 0 Å². The number of hydrogen-bond acceptors (Lipinski definition) is 5. The van der Waals surface area contributed by atoms with E-state index in [0.29, 0.717) is 23.5 Å². The first-order valence-corrected chi connectivity index (χ1v) is 6.38. The molecule has 18 heavy (non-hydrogen) atoms. The zero-order valence-electron chi connectivity index (χ0n) is 9.97. The molecule has 1 aromatic carbocycles. The topological polar surface area (TPSA) is 64.3 Å². The maximum Gasteiger partial charge on any atom is 0.340 e. The standard InChI is InChI=1S/C13H14N2O2S/c1-17-13(16)10-3-2-4-11(14)12(10)15-7-9-5-6-18-8-9/h2-6,8,15H,7,14H2,1H3. The number of para-hydroxylation sites is 1. The normalized spacial score (nSPS) is 10.1. The Morgan fingerprint density at radius 3 is 2.94 bits per heavy atom. The van der Waals surface area contributed by atoms with E-state index in [4.69, 9.17) is 10.5 Å². The second-order valence-electron chi connectivity index (χ2n) is 3.75. The molecule has 0 bridgehead atoms. The number of carbonyl (C=O) groups excluding carboxylic acids is 1. The van der Waals surface area contributed by atoms with Crippen molar-refractivity contribution in [3.63, 3.8) is 0 Å². The minimum absolute atomic E-state index is 0.393. The highest BCUT2D eigenvalue weighted by molar-refractivity contribution is 7.07. The number of nitrogens with one attached hydrogen (secondary N) is 1. The second-order valence-corrected chi connectivity index (χ2v) is 4.53. The fraction of sp³-hybridized carbons (Fsp3) is 0.154. The van der Waals surface area contributed by atoms with E-state index >= 15 is 0 Å². The van der Waals surface area contributed by atoms with Gasteiger partial charge in [0.1, 0.15) is 0 Å². The average Bonchev–Trinajstić information content (AvgIpc) is 2.89. The van der Waals surface area contributed by atoms with Crippen molar-refractivity contribution in [2.75, 3.05) is 18.2 Å². The van der Waals surface area contributed by atoms with Crippen LogP contribution < -0.4 is 11.1 Å². The molecule has 0 spiro atoms. The third-order valence-corrected chi connectivity index (χ3v) is 3.28. The highest BCUT2D eigenvalue weighted by Gasteiger charge is 2.13. The van der Waals surface area contributed by atoms with E-state index in [9.17, 15) is 4.79 Å². The molecule has 1 heterocycles. The van der Waals surface area contributed by atoms with Crippen LogP contribution in [-0.2, 0) is 11.3 Å². The highest BCUT2D eigenvalue weighted by atomic mass is 32.1. The molecule has 5 heteroatoms. The highest BCUT2D eigenvalue weighted by Crippen LogP contribution is 2.25. The number of thiophene rings is 1. The molecule has 94 valence electrons. The summed E-state index contributed by atoms with van der Waals surface area (Å²) in [5.74, 6) is -0.393. The number of methoxy groups -OCH3 is 1. The monoisotopic (exact) mass is 262 g/mol. The summed E-state index contributed by atoms with van der Waals surface area (Å²) < 4.78 is 4.74. The average molecular weight is 262 g/mol. The van der Waals surface area contributed by atoms with Crippen LogP contribution in [0, 0.1) is 0 Å². The number of anilines is 2. The molecule has 2 rings (SSSR count). The lowest BCUT2D eigenvalue weighted by molar-refractivity contribution is 0.0602. The number of carbonyl (C=O) groups is 1. The molecule has 0 amide bonds. The maximum absolute atomic E-state index is 11.6. The van der Waals surface area contributed by atoms with Crippen molar-refractivity contribution in [3.8, 4) is 0 Å². The molecule has 0 atom stereocenters. The first kappa shape index (κ1) is 12.4. The van der Waals surface area contributed by atoms with E-state index in [-0.39, 0.29) is 0 Å². The van der Waals surface area contributed by atoms with Crippen LogP contribution in [0.2, 0.25) is 0 Å². The van der Waals surface area contributed by atoms with Gasteiger partial charge in [0.2, 0.25) is 0 Å². The minimum atomic E-state index is -0.393. The molecule has 0 saturated heterocycles. The van der Waals surface area contributed by atoms with Crippen LogP contribution in [0.3, 0.4) is 0 Å². The molecule has 0 aliphatic heterocycles. The molecule has 0 aliphatic rings. The third-order valence-electron chi connectivity index (χ3n) is 2.55. The molecule has 2 aromatic rings. The van der Waals surface area contributed by atoms with Crippen molar-refractivity contribution in [1.82, 2.24) is 0 Å². The number of rotatable bonds is 4. The fourth-order valence-electron chi connectivity index (χ4n) is 1.63. The summed E-state index contributed by atoms with van der Waals surface area (Å²) in [7, 11) is 1.36. The van der Waals surface area contributed by atoms with E-state index < -0.39 is 5.97 Å². The Hall–Kier alpha value is -2.01. The van der Waals surface area contributed by atoms with Gasteiger partial charge in [0.05, 0.1) is 24.0 Å². The van der Waals surface area contributed by atoms with E-state index in [1.807, 2.05) is 16.8 Å². The summed E-state index contributed by atoms with van der Waals surface area (Å²) in [6.07, 6.45) is 0. The Balaban J connectivity index is 2.22. The first-order valence-electron chi connectivity index (χ1n) is 5.44. The van der Waals surface area contributed by atoms with Gasteiger partial charge in [0.15, 0.2) is 0 Å². The zero-order valence-corrected chi connectivity index (χ0v) is 10.8. The van der Waals surface area contributed by atoms with Gasteiger partial charge < -0.3 is 15.8 Å². The number of hydrogen-bond donors (Lipinski definition) is 2. The maximum atomic E-state index is 11.6. The Kier molecular flexibility index (Phi) is 3.84. The molecule has 0 radical (unpaired) electrons. The van der Waals surface area contributed by atoms with Gasteiger partial charge in [-0.2, -0.15) is 11.3 Å². The van der Waals surface area contributed by atoms with E-state index in [1.165, 1.54) is 7.11 Å². The molecule has 0 aliphatic carbocycles. The van der Waals surface area contributed by atoms with Crippen molar-refractivity contribution in [3.05, 3.63) is 46.2 Å². The summed E-state index contributed by atoms with van der Waals surface area (Å²) >= 11 is 1.63. The van der Waals surface area contributed by atoms with Gasteiger partial charge in [-0.3, -0.25) is 0 Å². The van der Waals surface area contributed by atoms with E-state index in [0.717, 1.165) is 5.56 Å². The zero-order chi connectivity index (χ0) is 13.0. The predicted molar refractivity (Wildman–Crippen MR) is 73.8 cm³/mol. The Labute approximate surface area is 109 Å². The predicted octanol–water partition coefficient (Wildman–Crippen LogP) is 2.73. The SMILES string of the molecule is COC(=O)c1cccc(N)c1NCc1ccsc1. The number of nitrogen functional groups attached to an aromatic ring is 1. The smallest absolute Gasteiger partial charge is 0.340 e. The third kappa shape index (κ3) is 2.62. The minimum Gasteiger partial charge on any atom is -0.465 e. The van der Waals surface area contributed by atoms with Crippen molar-refractivity contribution >= 4 is 28.7 Å². The second kappa shape index (κ2) is 5.55. The van der Waals surface area contributed by atoms with Gasteiger partial charge in [0, 0.05) is 6.54 Å². The molecular weight excluding hydrogens is 248 g/mol. The number of esters is 1. The number of nitrogens with two attached hydrogens (primary N) is 1. The van der Waals surface area contributed by atoms with Crippen LogP contribution in [0.1, 0.15) is 15.9 Å². The Bertz CT molecular complexity index is 538. The van der Waals surface area contributed by atoms with Crippen LogP contribution in [0.5, 0.6) is 0 Å². The molecular formula is C13H14N2O2S. The molecule has 1 aromatic heterocycles. The number of benzene rings is 1. The van der Waals surface area contributed by atoms with Crippen molar-refractivity contribution < 1.29 is 9.53 Å². The quantitative estimate of drug-likeness (QED) is 0.657. The number of ether oxygens (including phenoxy) is 1. The molecule has 0 saturated carbocycles. The largest absolute Gasteiger partial charge is 0.465 e. The lowest BCUT2D eigenvalue weighted by Gasteiger charge is -2.12. The van der Waals surface area contributed by atoms with Gasteiger partial charge in [0.25, 0.3) is 0 Å². The van der Waals surface area contributed by atoms with Crippen LogP contribution >= 0.6 is 11.3 Å². The van der Waals surface area contributed by atoms with Gasteiger partial charge in [-0.1, -0.05) is 6.07 Å². The van der Waals surface area contributed by atoms with Crippen LogP contribution in [0.25, 0.3) is 0 Å². The summed E-state index contributed by atoms with van der Waals surface area (Å²) in [6, 6.07) is 7.20. The van der Waals surface area contributed by atoms with Crippen molar-refractivity contribution in [1.29, 1.82) is 0 Å². The van der Waals surface area contributed by atoms with Crippen LogP contribution in [-0.4, -0.2) is 13.1 Å². The fourth-order valence-corrected chi connectivity index (χ4v) is 2.30. The van der Waals surface area contributed by atoms with Gasteiger partial charge >= 0.3 is 5.97 Å². The Morgan fingerprint density at radius 1 is 1.44 bits per heavy atom.